The van der Waals surface area contributed by atoms with Gasteiger partial charge >= 0.3 is 0 Å². The van der Waals surface area contributed by atoms with Gasteiger partial charge in [-0.05, 0) is 42.0 Å². The van der Waals surface area contributed by atoms with Gasteiger partial charge in [0.2, 0.25) is 10.0 Å². The molecule has 6 heteroatoms. The van der Waals surface area contributed by atoms with Crippen LogP contribution >= 0.6 is 11.3 Å². The first-order valence-corrected chi connectivity index (χ1v) is 9.20. The first kappa shape index (κ1) is 16.2. The normalized spacial score (nSPS) is 13.3. The van der Waals surface area contributed by atoms with E-state index in [1.54, 1.807) is 30.4 Å². The van der Waals surface area contributed by atoms with Gasteiger partial charge in [-0.1, -0.05) is 25.1 Å². The Morgan fingerprint density at radius 1 is 1.29 bits per heavy atom. The Kier molecular flexibility index (Phi) is 5.16. The lowest BCUT2D eigenvalue weighted by Gasteiger charge is -2.17. The van der Waals surface area contributed by atoms with E-state index in [0.29, 0.717) is 23.4 Å². The summed E-state index contributed by atoms with van der Waals surface area (Å²) in [6.45, 7) is 4.09. The molecule has 1 aromatic carbocycles. The molecule has 0 aliphatic heterocycles. The van der Waals surface area contributed by atoms with Crippen LogP contribution in [0.25, 0.3) is 0 Å². The van der Waals surface area contributed by atoms with Gasteiger partial charge in [0.25, 0.3) is 0 Å². The van der Waals surface area contributed by atoms with E-state index in [0.717, 1.165) is 10.4 Å². The van der Waals surface area contributed by atoms with Crippen molar-refractivity contribution in [3.05, 3.63) is 51.7 Å². The van der Waals surface area contributed by atoms with Crippen LogP contribution in [0.2, 0.25) is 0 Å². The fraction of sp³-hybridized carbons (Fsp3) is 0.333. The predicted octanol–water partition coefficient (Wildman–Crippen LogP) is 2.94. The molecule has 114 valence electrons. The van der Waals surface area contributed by atoms with Crippen molar-refractivity contribution in [1.82, 2.24) is 4.72 Å². The molecule has 0 aliphatic carbocycles. The predicted molar refractivity (Wildman–Crippen MR) is 86.7 cm³/mol. The van der Waals surface area contributed by atoms with Crippen molar-refractivity contribution in [2.45, 2.75) is 37.8 Å². The van der Waals surface area contributed by atoms with Gasteiger partial charge in [0.1, 0.15) is 0 Å². The Hall–Kier alpha value is -1.21. The molecule has 1 unspecified atom stereocenters. The summed E-state index contributed by atoms with van der Waals surface area (Å²) in [4.78, 5) is 1.33. The van der Waals surface area contributed by atoms with E-state index >= 15 is 0 Å². The zero-order chi connectivity index (χ0) is 15.5. The van der Waals surface area contributed by atoms with Gasteiger partial charge in [-0.3, -0.25) is 0 Å². The van der Waals surface area contributed by atoms with E-state index in [1.165, 1.54) is 0 Å². The molecular formula is C15H20N2O2S2. The van der Waals surface area contributed by atoms with Crippen molar-refractivity contribution >= 4 is 21.4 Å². The highest BCUT2D eigenvalue weighted by Gasteiger charge is 2.23. The smallest absolute Gasteiger partial charge is 0.241 e. The Bertz CT molecular complexity index is 694. The summed E-state index contributed by atoms with van der Waals surface area (Å²) in [5, 5.41) is 1.95. The molecule has 0 spiro atoms. The van der Waals surface area contributed by atoms with E-state index in [4.69, 9.17) is 5.73 Å². The molecule has 0 fully saturated rings. The van der Waals surface area contributed by atoms with Crippen molar-refractivity contribution in [2.75, 3.05) is 0 Å². The third kappa shape index (κ3) is 3.52. The first-order chi connectivity index (χ1) is 9.99. The zero-order valence-corrected chi connectivity index (χ0v) is 13.8. The largest absolute Gasteiger partial charge is 0.326 e. The maximum atomic E-state index is 12.6. The molecule has 4 nitrogen and oxygen atoms in total. The van der Waals surface area contributed by atoms with Crippen LogP contribution in [0.15, 0.2) is 40.6 Å². The van der Waals surface area contributed by atoms with Crippen LogP contribution in [-0.4, -0.2) is 8.42 Å². The Labute approximate surface area is 130 Å². The number of nitrogens with two attached hydrogens (primary N) is 1. The molecule has 2 rings (SSSR count). The van der Waals surface area contributed by atoms with Gasteiger partial charge in [-0.2, -0.15) is 0 Å². The second-order valence-corrected chi connectivity index (χ2v) is 7.50. The fourth-order valence-corrected chi connectivity index (χ4v) is 4.78. The van der Waals surface area contributed by atoms with Crippen LogP contribution in [0.5, 0.6) is 0 Å². The maximum absolute atomic E-state index is 12.6. The molecular weight excluding hydrogens is 304 g/mol. The summed E-state index contributed by atoms with van der Waals surface area (Å²) in [5.41, 5.74) is 7.22. The van der Waals surface area contributed by atoms with E-state index < -0.39 is 10.0 Å². The SMILES string of the molecule is CCC(NS(=O)(=O)c1cccc(CN)c1C)c1cccs1. The highest BCUT2D eigenvalue weighted by molar-refractivity contribution is 7.89. The second-order valence-electron chi connectivity index (χ2n) is 4.84. The number of nitrogens with one attached hydrogen (secondary N) is 1. The molecule has 21 heavy (non-hydrogen) atoms. The van der Waals surface area contributed by atoms with Crippen molar-refractivity contribution in [3.63, 3.8) is 0 Å². The highest BCUT2D eigenvalue weighted by Crippen LogP contribution is 2.25. The number of thiophene rings is 1. The topological polar surface area (TPSA) is 72.2 Å². The molecule has 1 aromatic heterocycles. The molecule has 3 N–H and O–H groups in total. The summed E-state index contributed by atoms with van der Waals surface area (Å²) >= 11 is 1.56. The summed E-state index contributed by atoms with van der Waals surface area (Å²) < 4.78 is 28.1. The van der Waals surface area contributed by atoms with E-state index in [1.807, 2.05) is 30.5 Å². The average molecular weight is 324 g/mol. The molecule has 0 saturated carbocycles. The van der Waals surface area contributed by atoms with Gasteiger partial charge in [-0.25, -0.2) is 13.1 Å². The molecule has 2 aromatic rings. The number of rotatable bonds is 6. The second kappa shape index (κ2) is 6.70. The zero-order valence-electron chi connectivity index (χ0n) is 12.2. The molecule has 0 bridgehead atoms. The summed E-state index contributed by atoms with van der Waals surface area (Å²) in [6, 6.07) is 8.89. The molecule has 1 heterocycles. The minimum atomic E-state index is -3.56. The maximum Gasteiger partial charge on any atom is 0.241 e. The number of hydrogen-bond acceptors (Lipinski definition) is 4. The Morgan fingerprint density at radius 2 is 2.05 bits per heavy atom. The van der Waals surface area contributed by atoms with Gasteiger partial charge in [-0.15, -0.1) is 11.3 Å². The molecule has 0 radical (unpaired) electrons. The minimum absolute atomic E-state index is 0.198. The van der Waals surface area contributed by atoms with Crippen molar-refractivity contribution < 1.29 is 8.42 Å². The average Bonchev–Trinajstić information content (AvgIpc) is 2.99. The number of sulfonamides is 1. The monoisotopic (exact) mass is 324 g/mol. The molecule has 0 amide bonds. The van der Waals surface area contributed by atoms with E-state index in [2.05, 4.69) is 4.72 Å². The lowest BCUT2D eigenvalue weighted by Crippen LogP contribution is -2.28. The third-order valence-corrected chi connectivity index (χ3v) is 6.10. The summed E-state index contributed by atoms with van der Waals surface area (Å²) in [6.07, 6.45) is 0.704. The Balaban J connectivity index is 2.34. The lowest BCUT2D eigenvalue weighted by atomic mass is 10.1. The van der Waals surface area contributed by atoms with Crippen LogP contribution in [0.3, 0.4) is 0 Å². The third-order valence-electron chi connectivity index (χ3n) is 3.50. The summed E-state index contributed by atoms with van der Waals surface area (Å²) in [7, 11) is -3.56. The standard InChI is InChI=1S/C15H20N2O2S2/c1-3-13(14-7-5-9-20-14)17-21(18,19)15-8-4-6-12(10-16)11(15)2/h4-9,13,17H,3,10,16H2,1-2H3. The summed E-state index contributed by atoms with van der Waals surface area (Å²) in [5.74, 6) is 0. The van der Waals surface area contributed by atoms with Gasteiger partial charge in [0.05, 0.1) is 10.9 Å². The van der Waals surface area contributed by atoms with Crippen LogP contribution in [0.4, 0.5) is 0 Å². The van der Waals surface area contributed by atoms with Crippen molar-refractivity contribution in [3.8, 4) is 0 Å². The van der Waals surface area contributed by atoms with Gasteiger partial charge in [0.15, 0.2) is 0 Å². The highest BCUT2D eigenvalue weighted by atomic mass is 32.2. The van der Waals surface area contributed by atoms with E-state index in [9.17, 15) is 8.42 Å². The van der Waals surface area contributed by atoms with Gasteiger partial charge in [0, 0.05) is 11.4 Å². The molecule has 1 atom stereocenters. The quantitative estimate of drug-likeness (QED) is 0.858. The number of hydrogen-bond donors (Lipinski definition) is 2. The lowest BCUT2D eigenvalue weighted by molar-refractivity contribution is 0.552. The molecule has 0 aliphatic rings. The number of benzene rings is 1. The van der Waals surface area contributed by atoms with Crippen LogP contribution in [-0.2, 0) is 16.6 Å². The van der Waals surface area contributed by atoms with Gasteiger partial charge < -0.3 is 5.73 Å². The fourth-order valence-electron chi connectivity index (χ4n) is 2.26. The van der Waals surface area contributed by atoms with Crippen molar-refractivity contribution in [2.24, 2.45) is 5.73 Å². The van der Waals surface area contributed by atoms with Crippen LogP contribution in [0, 0.1) is 6.92 Å². The Morgan fingerprint density at radius 3 is 2.62 bits per heavy atom. The molecule has 0 saturated heterocycles. The first-order valence-electron chi connectivity index (χ1n) is 6.84. The van der Waals surface area contributed by atoms with E-state index in [-0.39, 0.29) is 6.04 Å². The minimum Gasteiger partial charge on any atom is -0.326 e. The van der Waals surface area contributed by atoms with Crippen LogP contribution < -0.4 is 10.5 Å². The van der Waals surface area contributed by atoms with Crippen molar-refractivity contribution in [1.29, 1.82) is 0 Å². The van der Waals surface area contributed by atoms with Crippen LogP contribution in [0.1, 0.15) is 35.4 Å².